The quantitative estimate of drug-likeness (QED) is 0.708. The highest BCUT2D eigenvalue weighted by Crippen LogP contribution is 2.24. The van der Waals surface area contributed by atoms with E-state index in [0.29, 0.717) is 12.2 Å². The van der Waals surface area contributed by atoms with Crippen LogP contribution in [0.1, 0.15) is 20.3 Å². The Morgan fingerprint density at radius 2 is 2.04 bits per heavy atom. The minimum absolute atomic E-state index is 0.137. The lowest BCUT2D eigenvalue weighted by Gasteiger charge is -2.20. The Morgan fingerprint density at radius 3 is 2.61 bits per heavy atom. The molecule has 2 N–H and O–H groups in total. The Hall–Kier alpha value is -3.23. The maximum absolute atomic E-state index is 14.3. The molecule has 28 heavy (non-hydrogen) atoms. The Morgan fingerprint density at radius 1 is 1.32 bits per heavy atom. The van der Waals surface area contributed by atoms with Crippen molar-refractivity contribution in [3.63, 3.8) is 0 Å². The molecule has 9 heteroatoms. The SMILES string of the molecule is CC[C@@H](C)[C@H](NC(=O)Cn1nc(-c2ccc(OC)cc2F)ccc1=O)C(=O)O. The number of aromatic nitrogens is 2. The molecule has 0 aliphatic carbocycles. The fraction of sp³-hybridized carbons (Fsp3) is 0.368. The van der Waals surface area contributed by atoms with Gasteiger partial charge in [0.1, 0.15) is 24.2 Å². The number of amides is 1. The average molecular weight is 391 g/mol. The summed E-state index contributed by atoms with van der Waals surface area (Å²) in [4.78, 5) is 35.6. The van der Waals surface area contributed by atoms with Gasteiger partial charge in [0.15, 0.2) is 0 Å². The number of carbonyl (C=O) groups excluding carboxylic acids is 1. The summed E-state index contributed by atoms with van der Waals surface area (Å²) in [6, 6.07) is 5.63. The third-order valence-electron chi connectivity index (χ3n) is 4.41. The van der Waals surface area contributed by atoms with Crippen molar-refractivity contribution in [3.05, 3.63) is 46.5 Å². The van der Waals surface area contributed by atoms with Gasteiger partial charge < -0.3 is 15.2 Å². The second-order valence-corrected chi connectivity index (χ2v) is 6.33. The number of benzene rings is 1. The molecule has 1 heterocycles. The van der Waals surface area contributed by atoms with Crippen LogP contribution in [0.25, 0.3) is 11.3 Å². The maximum Gasteiger partial charge on any atom is 0.326 e. The van der Waals surface area contributed by atoms with Crippen LogP contribution in [0.4, 0.5) is 4.39 Å². The topological polar surface area (TPSA) is 111 Å². The molecule has 1 amide bonds. The maximum atomic E-state index is 14.3. The summed E-state index contributed by atoms with van der Waals surface area (Å²) in [6.07, 6.45) is 0.557. The van der Waals surface area contributed by atoms with Crippen LogP contribution in [0.5, 0.6) is 5.75 Å². The number of carbonyl (C=O) groups is 2. The van der Waals surface area contributed by atoms with Gasteiger partial charge in [0.25, 0.3) is 5.56 Å². The highest BCUT2D eigenvalue weighted by atomic mass is 19.1. The van der Waals surface area contributed by atoms with E-state index in [0.717, 1.165) is 4.68 Å². The van der Waals surface area contributed by atoms with Crippen LogP contribution in [0.3, 0.4) is 0 Å². The lowest BCUT2D eigenvalue weighted by atomic mass is 9.99. The van der Waals surface area contributed by atoms with E-state index >= 15 is 0 Å². The zero-order valence-electron chi connectivity index (χ0n) is 15.8. The first kappa shape index (κ1) is 21.1. The number of methoxy groups -OCH3 is 1. The van der Waals surface area contributed by atoms with E-state index < -0.39 is 35.8 Å². The number of carboxylic acids is 1. The predicted molar refractivity (Wildman–Crippen MR) is 99.5 cm³/mol. The number of ether oxygens (including phenoxy) is 1. The zero-order chi connectivity index (χ0) is 20.8. The van der Waals surface area contributed by atoms with Crippen molar-refractivity contribution in [2.75, 3.05) is 7.11 Å². The average Bonchev–Trinajstić information content (AvgIpc) is 2.67. The highest BCUT2D eigenvalue weighted by Gasteiger charge is 2.25. The third-order valence-corrected chi connectivity index (χ3v) is 4.41. The van der Waals surface area contributed by atoms with Crippen molar-refractivity contribution >= 4 is 11.9 Å². The summed E-state index contributed by atoms with van der Waals surface area (Å²) in [5.41, 5.74) is -0.273. The first-order chi connectivity index (χ1) is 13.3. The van der Waals surface area contributed by atoms with Gasteiger partial charge in [-0.15, -0.1) is 0 Å². The molecular formula is C19H22FN3O5. The number of nitrogens with one attached hydrogen (secondary N) is 1. The Labute approximate surface area is 160 Å². The van der Waals surface area contributed by atoms with Crippen LogP contribution in [0, 0.1) is 11.7 Å². The van der Waals surface area contributed by atoms with Crippen LogP contribution in [0.15, 0.2) is 35.1 Å². The highest BCUT2D eigenvalue weighted by molar-refractivity contribution is 5.83. The first-order valence-corrected chi connectivity index (χ1v) is 8.71. The summed E-state index contributed by atoms with van der Waals surface area (Å²) in [7, 11) is 1.41. The molecule has 0 spiro atoms. The molecule has 2 rings (SSSR count). The second-order valence-electron chi connectivity index (χ2n) is 6.33. The Balaban J connectivity index is 2.25. The van der Waals surface area contributed by atoms with Gasteiger partial charge in [0.2, 0.25) is 5.91 Å². The molecule has 2 atom stereocenters. The molecule has 0 fully saturated rings. The molecule has 150 valence electrons. The van der Waals surface area contributed by atoms with Crippen molar-refractivity contribution in [3.8, 4) is 17.0 Å². The van der Waals surface area contributed by atoms with Crippen molar-refractivity contribution in [2.45, 2.75) is 32.9 Å². The van der Waals surface area contributed by atoms with E-state index in [1.54, 1.807) is 13.0 Å². The summed E-state index contributed by atoms with van der Waals surface area (Å²) >= 11 is 0. The minimum atomic E-state index is -1.16. The van der Waals surface area contributed by atoms with Crippen molar-refractivity contribution in [1.82, 2.24) is 15.1 Å². The normalized spacial score (nSPS) is 12.9. The van der Waals surface area contributed by atoms with Gasteiger partial charge in [0.05, 0.1) is 12.8 Å². The molecule has 2 aromatic rings. The van der Waals surface area contributed by atoms with E-state index in [-0.39, 0.29) is 17.2 Å². The van der Waals surface area contributed by atoms with Crippen molar-refractivity contribution in [2.24, 2.45) is 5.92 Å². The smallest absolute Gasteiger partial charge is 0.326 e. The summed E-state index contributed by atoms with van der Waals surface area (Å²) < 4.78 is 20.1. The molecule has 0 saturated heterocycles. The molecule has 0 saturated carbocycles. The summed E-state index contributed by atoms with van der Waals surface area (Å²) in [5, 5.41) is 15.7. The lowest BCUT2D eigenvalue weighted by Crippen LogP contribution is -2.47. The molecule has 0 radical (unpaired) electrons. The monoisotopic (exact) mass is 391 g/mol. The summed E-state index contributed by atoms with van der Waals surface area (Å²) in [5.74, 6) is -2.37. The van der Waals surface area contributed by atoms with Crippen molar-refractivity contribution in [1.29, 1.82) is 0 Å². The van der Waals surface area contributed by atoms with Gasteiger partial charge >= 0.3 is 5.97 Å². The van der Waals surface area contributed by atoms with Crippen LogP contribution < -0.4 is 15.6 Å². The van der Waals surface area contributed by atoms with E-state index in [1.165, 1.54) is 31.4 Å². The largest absolute Gasteiger partial charge is 0.497 e. The minimum Gasteiger partial charge on any atom is -0.497 e. The number of rotatable bonds is 8. The fourth-order valence-corrected chi connectivity index (χ4v) is 2.57. The van der Waals surface area contributed by atoms with Gasteiger partial charge in [-0.2, -0.15) is 5.10 Å². The molecule has 1 aromatic heterocycles. The zero-order valence-corrected chi connectivity index (χ0v) is 15.8. The fourth-order valence-electron chi connectivity index (χ4n) is 2.57. The number of carboxylic acid groups (broad SMARTS) is 1. The molecular weight excluding hydrogens is 369 g/mol. The van der Waals surface area contributed by atoms with E-state index in [4.69, 9.17) is 4.74 Å². The van der Waals surface area contributed by atoms with Crippen LogP contribution in [0.2, 0.25) is 0 Å². The van der Waals surface area contributed by atoms with Crippen LogP contribution >= 0.6 is 0 Å². The number of nitrogens with zero attached hydrogens (tertiary/aromatic N) is 2. The number of halogens is 1. The number of aliphatic carboxylic acids is 1. The summed E-state index contributed by atoms with van der Waals surface area (Å²) in [6.45, 7) is 3.03. The second kappa shape index (κ2) is 9.12. The number of hydrogen-bond donors (Lipinski definition) is 2. The predicted octanol–water partition coefficient (Wildman–Crippen LogP) is 1.67. The Kier molecular flexibility index (Phi) is 6.86. The lowest BCUT2D eigenvalue weighted by molar-refractivity contribution is -0.143. The van der Waals surface area contributed by atoms with Crippen LogP contribution in [-0.4, -0.2) is 39.9 Å². The molecule has 0 bridgehead atoms. The molecule has 0 aliphatic heterocycles. The van der Waals surface area contributed by atoms with E-state index in [9.17, 15) is 23.9 Å². The Bertz CT molecular complexity index is 928. The van der Waals surface area contributed by atoms with E-state index in [1.807, 2.05) is 6.92 Å². The molecule has 8 nitrogen and oxygen atoms in total. The van der Waals surface area contributed by atoms with Gasteiger partial charge in [-0.1, -0.05) is 20.3 Å². The van der Waals surface area contributed by atoms with Gasteiger partial charge in [0, 0.05) is 17.7 Å². The van der Waals surface area contributed by atoms with Crippen LogP contribution in [-0.2, 0) is 16.1 Å². The molecule has 1 aromatic carbocycles. The third kappa shape index (κ3) is 4.93. The molecule has 0 unspecified atom stereocenters. The van der Waals surface area contributed by atoms with E-state index in [2.05, 4.69) is 10.4 Å². The van der Waals surface area contributed by atoms with Gasteiger partial charge in [-0.25, -0.2) is 13.9 Å². The molecule has 0 aliphatic rings. The standard InChI is InChI=1S/C19H22FN3O5/c1-4-11(2)18(19(26)27)21-16(24)10-23-17(25)8-7-15(22-23)13-6-5-12(28-3)9-14(13)20/h5-9,11,18H,4,10H2,1-3H3,(H,21,24)(H,26,27)/t11-,18+/m1/s1. The van der Waals surface area contributed by atoms with Gasteiger partial charge in [-0.3, -0.25) is 9.59 Å². The first-order valence-electron chi connectivity index (χ1n) is 8.71. The van der Waals surface area contributed by atoms with Gasteiger partial charge in [-0.05, 0) is 24.1 Å². The number of hydrogen-bond acceptors (Lipinski definition) is 5. The van der Waals surface area contributed by atoms with Crippen molar-refractivity contribution < 1.29 is 23.8 Å².